The van der Waals surface area contributed by atoms with E-state index in [1.165, 1.54) is 0 Å². The molecule has 0 aliphatic carbocycles. The fourth-order valence-electron chi connectivity index (χ4n) is 1.62. The highest BCUT2D eigenvalue weighted by molar-refractivity contribution is 5.91. The normalized spacial score (nSPS) is 10.3. The van der Waals surface area contributed by atoms with Gasteiger partial charge in [0.05, 0.1) is 6.61 Å². The van der Waals surface area contributed by atoms with Crippen molar-refractivity contribution in [3.63, 3.8) is 0 Å². The number of carbonyl (C=O) groups excluding carboxylic acids is 1. The molecule has 0 saturated carbocycles. The average Bonchev–Trinajstić information content (AvgIpc) is 2.38. The Kier molecular flexibility index (Phi) is 7.06. The van der Waals surface area contributed by atoms with Gasteiger partial charge in [-0.3, -0.25) is 4.79 Å². The summed E-state index contributed by atoms with van der Waals surface area (Å²) in [5.41, 5.74) is 1.86. The topological polar surface area (TPSA) is 50.4 Å². The van der Waals surface area contributed by atoms with Crippen LogP contribution in [0.1, 0.15) is 25.3 Å². The first kappa shape index (κ1) is 14.7. The maximum atomic E-state index is 11.7. The van der Waals surface area contributed by atoms with Crippen LogP contribution in [0.5, 0.6) is 0 Å². The minimum atomic E-state index is 0.0502. The largest absolute Gasteiger partial charge is 0.377 e. The number of amides is 1. The van der Waals surface area contributed by atoms with E-state index in [9.17, 15) is 4.79 Å². The summed E-state index contributed by atoms with van der Waals surface area (Å²) in [7, 11) is 1.88. The number of benzene rings is 1. The van der Waals surface area contributed by atoms with Crippen LogP contribution in [0, 0.1) is 0 Å². The predicted molar refractivity (Wildman–Crippen MR) is 73.6 cm³/mol. The Morgan fingerprint density at radius 3 is 2.83 bits per heavy atom. The van der Waals surface area contributed by atoms with Crippen LogP contribution in [0.2, 0.25) is 0 Å². The molecule has 1 rings (SSSR count). The Labute approximate surface area is 109 Å². The van der Waals surface area contributed by atoms with Gasteiger partial charge in [0.25, 0.3) is 0 Å². The number of hydrogen-bond acceptors (Lipinski definition) is 3. The molecule has 18 heavy (non-hydrogen) atoms. The fourth-order valence-corrected chi connectivity index (χ4v) is 1.62. The highest BCUT2D eigenvalue weighted by Gasteiger charge is 2.06. The molecule has 100 valence electrons. The second-order valence-electron chi connectivity index (χ2n) is 4.05. The molecule has 0 aliphatic heterocycles. The van der Waals surface area contributed by atoms with E-state index < -0.39 is 0 Å². The lowest BCUT2D eigenvalue weighted by Crippen LogP contribution is -2.16. The molecular formula is C14H22N2O2. The van der Waals surface area contributed by atoms with Gasteiger partial charge >= 0.3 is 0 Å². The molecule has 0 spiro atoms. The van der Waals surface area contributed by atoms with Crippen molar-refractivity contribution in [3.05, 3.63) is 29.8 Å². The minimum absolute atomic E-state index is 0.0502. The summed E-state index contributed by atoms with van der Waals surface area (Å²) in [5.74, 6) is 0.0502. The van der Waals surface area contributed by atoms with Gasteiger partial charge in [0.2, 0.25) is 5.91 Å². The van der Waals surface area contributed by atoms with Crippen molar-refractivity contribution >= 4 is 11.6 Å². The lowest BCUT2D eigenvalue weighted by atomic mass is 10.2. The third-order valence-electron chi connectivity index (χ3n) is 2.58. The van der Waals surface area contributed by atoms with E-state index in [1.54, 1.807) is 0 Å². The van der Waals surface area contributed by atoms with Crippen LogP contribution < -0.4 is 10.6 Å². The van der Waals surface area contributed by atoms with Crippen molar-refractivity contribution in [1.82, 2.24) is 5.32 Å². The molecule has 0 aromatic heterocycles. The maximum Gasteiger partial charge on any atom is 0.224 e. The molecule has 0 bridgehead atoms. The molecule has 0 saturated heterocycles. The SMILES string of the molecule is CCOCc1ccccc1NC(=O)CCCNC. The maximum absolute atomic E-state index is 11.7. The van der Waals surface area contributed by atoms with E-state index in [2.05, 4.69) is 10.6 Å². The molecule has 1 amide bonds. The highest BCUT2D eigenvalue weighted by Crippen LogP contribution is 2.16. The first-order valence-electron chi connectivity index (χ1n) is 6.38. The summed E-state index contributed by atoms with van der Waals surface area (Å²) in [5, 5.41) is 5.96. The minimum Gasteiger partial charge on any atom is -0.377 e. The number of para-hydroxylation sites is 1. The lowest BCUT2D eigenvalue weighted by Gasteiger charge is -2.11. The van der Waals surface area contributed by atoms with E-state index in [0.717, 1.165) is 24.2 Å². The van der Waals surface area contributed by atoms with E-state index >= 15 is 0 Å². The Bertz CT molecular complexity index is 367. The molecule has 4 heteroatoms. The summed E-state index contributed by atoms with van der Waals surface area (Å²) in [6.45, 7) is 4.01. The average molecular weight is 250 g/mol. The van der Waals surface area contributed by atoms with Gasteiger partial charge in [0, 0.05) is 24.3 Å². The molecule has 0 fully saturated rings. The molecule has 0 heterocycles. The van der Waals surface area contributed by atoms with Crippen molar-refractivity contribution in [2.24, 2.45) is 0 Å². The summed E-state index contributed by atoms with van der Waals surface area (Å²) in [6, 6.07) is 7.74. The van der Waals surface area contributed by atoms with Gasteiger partial charge in [-0.1, -0.05) is 18.2 Å². The van der Waals surface area contributed by atoms with Gasteiger partial charge in [-0.05, 0) is 33.0 Å². The van der Waals surface area contributed by atoms with Crippen LogP contribution in [0.4, 0.5) is 5.69 Å². The smallest absolute Gasteiger partial charge is 0.224 e. The van der Waals surface area contributed by atoms with Crippen molar-refractivity contribution in [2.45, 2.75) is 26.4 Å². The van der Waals surface area contributed by atoms with E-state index in [1.807, 2.05) is 38.2 Å². The van der Waals surface area contributed by atoms with Crippen molar-refractivity contribution < 1.29 is 9.53 Å². The van der Waals surface area contributed by atoms with Gasteiger partial charge in [-0.25, -0.2) is 0 Å². The molecular weight excluding hydrogens is 228 g/mol. The van der Waals surface area contributed by atoms with Gasteiger partial charge in [0.1, 0.15) is 0 Å². The zero-order valence-corrected chi connectivity index (χ0v) is 11.2. The number of nitrogens with one attached hydrogen (secondary N) is 2. The Hall–Kier alpha value is -1.39. The Balaban J connectivity index is 2.51. The summed E-state index contributed by atoms with van der Waals surface area (Å²) < 4.78 is 5.38. The molecule has 0 radical (unpaired) electrons. The van der Waals surface area contributed by atoms with E-state index in [0.29, 0.717) is 19.6 Å². The number of carbonyl (C=O) groups is 1. The molecule has 0 aliphatic rings. The number of rotatable bonds is 8. The van der Waals surface area contributed by atoms with E-state index in [4.69, 9.17) is 4.74 Å². The van der Waals surface area contributed by atoms with Gasteiger partial charge in [-0.15, -0.1) is 0 Å². The fraction of sp³-hybridized carbons (Fsp3) is 0.500. The monoisotopic (exact) mass is 250 g/mol. The standard InChI is InChI=1S/C14H22N2O2/c1-3-18-11-12-7-4-5-8-13(12)16-14(17)9-6-10-15-2/h4-5,7-8,15H,3,6,9-11H2,1-2H3,(H,16,17). The summed E-state index contributed by atoms with van der Waals surface area (Å²) in [4.78, 5) is 11.7. The Morgan fingerprint density at radius 1 is 1.33 bits per heavy atom. The zero-order chi connectivity index (χ0) is 13.2. The predicted octanol–water partition coefficient (Wildman–Crippen LogP) is 2.16. The van der Waals surface area contributed by atoms with Crippen LogP contribution in [0.25, 0.3) is 0 Å². The van der Waals surface area contributed by atoms with Crippen LogP contribution in [-0.2, 0) is 16.1 Å². The molecule has 1 aromatic carbocycles. The zero-order valence-electron chi connectivity index (χ0n) is 11.2. The second kappa shape index (κ2) is 8.66. The first-order valence-corrected chi connectivity index (χ1v) is 6.38. The van der Waals surface area contributed by atoms with Gasteiger partial charge in [-0.2, -0.15) is 0 Å². The lowest BCUT2D eigenvalue weighted by molar-refractivity contribution is -0.116. The van der Waals surface area contributed by atoms with Crippen molar-refractivity contribution in [2.75, 3.05) is 25.5 Å². The van der Waals surface area contributed by atoms with Crippen LogP contribution in [0.3, 0.4) is 0 Å². The molecule has 1 aromatic rings. The molecule has 2 N–H and O–H groups in total. The Morgan fingerprint density at radius 2 is 2.11 bits per heavy atom. The summed E-state index contributed by atoms with van der Waals surface area (Å²) >= 11 is 0. The molecule has 0 unspecified atom stereocenters. The first-order chi connectivity index (χ1) is 8.77. The third kappa shape index (κ3) is 5.29. The highest BCUT2D eigenvalue weighted by atomic mass is 16.5. The number of ether oxygens (including phenoxy) is 1. The van der Waals surface area contributed by atoms with Crippen LogP contribution in [-0.4, -0.2) is 26.1 Å². The number of anilines is 1. The second-order valence-corrected chi connectivity index (χ2v) is 4.05. The number of hydrogen-bond donors (Lipinski definition) is 2. The van der Waals surface area contributed by atoms with Crippen LogP contribution >= 0.6 is 0 Å². The third-order valence-corrected chi connectivity index (χ3v) is 2.58. The molecule has 4 nitrogen and oxygen atoms in total. The molecule has 0 atom stereocenters. The van der Waals surface area contributed by atoms with Gasteiger partial charge < -0.3 is 15.4 Å². The van der Waals surface area contributed by atoms with E-state index in [-0.39, 0.29) is 5.91 Å². The quantitative estimate of drug-likeness (QED) is 0.695. The van der Waals surface area contributed by atoms with Crippen LogP contribution in [0.15, 0.2) is 24.3 Å². The van der Waals surface area contributed by atoms with Gasteiger partial charge in [0.15, 0.2) is 0 Å². The summed E-state index contributed by atoms with van der Waals surface area (Å²) in [6.07, 6.45) is 1.37. The van der Waals surface area contributed by atoms with Crippen molar-refractivity contribution in [3.8, 4) is 0 Å². The van der Waals surface area contributed by atoms with Crippen molar-refractivity contribution in [1.29, 1.82) is 0 Å².